The molecular weight excluding hydrogens is 190 g/mol. The second-order valence-corrected chi connectivity index (χ2v) is 4.07. The van der Waals surface area contributed by atoms with Gasteiger partial charge in [-0.15, -0.1) is 0 Å². The Morgan fingerprint density at radius 1 is 1.20 bits per heavy atom. The Kier molecular flexibility index (Phi) is 7.96. The summed E-state index contributed by atoms with van der Waals surface area (Å²) in [5.41, 5.74) is 11.2. The van der Waals surface area contributed by atoms with E-state index in [-0.39, 0.29) is 18.1 Å². The van der Waals surface area contributed by atoms with Crippen LogP contribution in [0.25, 0.3) is 0 Å². The zero-order valence-electron chi connectivity index (χ0n) is 10.3. The van der Waals surface area contributed by atoms with Crippen LogP contribution in [0.1, 0.15) is 27.2 Å². The van der Waals surface area contributed by atoms with Gasteiger partial charge in [-0.05, 0) is 38.5 Å². The number of aliphatic hydroxyl groups is 1. The van der Waals surface area contributed by atoms with Crippen LogP contribution in [0.15, 0.2) is 0 Å². The summed E-state index contributed by atoms with van der Waals surface area (Å²) in [5.74, 6) is 0.127. The molecule has 0 heterocycles. The molecule has 92 valence electrons. The van der Waals surface area contributed by atoms with Gasteiger partial charge in [-0.3, -0.25) is 4.90 Å². The minimum absolute atomic E-state index is 0.127. The molecule has 0 rings (SSSR count). The predicted octanol–water partition coefficient (Wildman–Crippen LogP) is 0.00130. The first-order valence-electron chi connectivity index (χ1n) is 5.94. The standard InChI is InChI=1S/C11H27N3O/c1-4-14(5-2)10(6-7-12)11(15)9(3)8-13/h9-11,15H,4-8,12-13H2,1-3H3. The molecule has 4 heteroatoms. The van der Waals surface area contributed by atoms with Gasteiger partial charge in [-0.25, -0.2) is 0 Å². The first-order chi connectivity index (χ1) is 7.12. The Morgan fingerprint density at radius 2 is 1.73 bits per heavy atom. The molecule has 0 radical (unpaired) electrons. The largest absolute Gasteiger partial charge is 0.391 e. The molecule has 5 N–H and O–H groups in total. The number of nitrogens with zero attached hydrogens (tertiary/aromatic N) is 1. The van der Waals surface area contributed by atoms with Crippen LogP contribution in [0, 0.1) is 5.92 Å². The summed E-state index contributed by atoms with van der Waals surface area (Å²) in [7, 11) is 0. The molecule has 4 nitrogen and oxygen atoms in total. The highest BCUT2D eigenvalue weighted by Crippen LogP contribution is 2.15. The average molecular weight is 217 g/mol. The van der Waals surface area contributed by atoms with Crippen molar-refractivity contribution in [3.8, 4) is 0 Å². The average Bonchev–Trinajstić information content (AvgIpc) is 2.27. The molecule has 0 spiro atoms. The van der Waals surface area contributed by atoms with Gasteiger partial charge in [0.15, 0.2) is 0 Å². The zero-order valence-corrected chi connectivity index (χ0v) is 10.3. The predicted molar refractivity (Wildman–Crippen MR) is 64.6 cm³/mol. The van der Waals surface area contributed by atoms with Crippen molar-refractivity contribution in [3.05, 3.63) is 0 Å². The Morgan fingerprint density at radius 3 is 2.07 bits per heavy atom. The van der Waals surface area contributed by atoms with Gasteiger partial charge in [0.1, 0.15) is 0 Å². The molecule has 0 amide bonds. The van der Waals surface area contributed by atoms with E-state index in [0.717, 1.165) is 19.5 Å². The minimum Gasteiger partial charge on any atom is -0.391 e. The van der Waals surface area contributed by atoms with Gasteiger partial charge < -0.3 is 16.6 Å². The number of nitrogens with two attached hydrogens (primary N) is 2. The fraction of sp³-hybridized carbons (Fsp3) is 1.00. The quantitative estimate of drug-likeness (QED) is 0.535. The number of hydrogen-bond donors (Lipinski definition) is 3. The van der Waals surface area contributed by atoms with Gasteiger partial charge in [0, 0.05) is 6.04 Å². The Labute approximate surface area is 93.6 Å². The van der Waals surface area contributed by atoms with Crippen LogP contribution >= 0.6 is 0 Å². The van der Waals surface area contributed by atoms with Crippen molar-refractivity contribution < 1.29 is 5.11 Å². The molecule has 0 aromatic heterocycles. The topological polar surface area (TPSA) is 75.5 Å². The van der Waals surface area contributed by atoms with Gasteiger partial charge in [-0.2, -0.15) is 0 Å². The summed E-state index contributed by atoms with van der Waals surface area (Å²) in [6, 6.07) is 0.142. The number of rotatable bonds is 8. The molecule has 0 aliphatic carbocycles. The van der Waals surface area contributed by atoms with Crippen molar-refractivity contribution in [2.45, 2.75) is 39.3 Å². The Hall–Kier alpha value is -0.160. The third-order valence-electron chi connectivity index (χ3n) is 3.09. The molecule has 3 atom stereocenters. The summed E-state index contributed by atoms with van der Waals surface area (Å²) in [4.78, 5) is 2.25. The minimum atomic E-state index is -0.376. The van der Waals surface area contributed by atoms with Crippen LogP contribution < -0.4 is 11.5 Å². The monoisotopic (exact) mass is 217 g/mol. The summed E-state index contributed by atoms with van der Waals surface area (Å²) < 4.78 is 0. The zero-order chi connectivity index (χ0) is 11.8. The fourth-order valence-corrected chi connectivity index (χ4v) is 1.95. The number of aliphatic hydroxyl groups excluding tert-OH is 1. The summed E-state index contributed by atoms with van der Waals surface area (Å²) in [5, 5.41) is 10.2. The molecule has 15 heavy (non-hydrogen) atoms. The summed E-state index contributed by atoms with van der Waals surface area (Å²) >= 11 is 0. The first kappa shape index (κ1) is 14.8. The third-order valence-corrected chi connectivity index (χ3v) is 3.09. The Balaban J connectivity index is 4.47. The molecule has 0 saturated carbocycles. The van der Waals surface area contributed by atoms with E-state index in [1.165, 1.54) is 0 Å². The van der Waals surface area contributed by atoms with Gasteiger partial charge >= 0.3 is 0 Å². The normalized spacial score (nSPS) is 17.8. The van der Waals surface area contributed by atoms with Crippen LogP contribution in [-0.4, -0.2) is 48.3 Å². The van der Waals surface area contributed by atoms with Crippen LogP contribution in [-0.2, 0) is 0 Å². The Bertz CT molecular complexity index is 151. The van der Waals surface area contributed by atoms with Gasteiger partial charge in [0.05, 0.1) is 6.10 Å². The van der Waals surface area contributed by atoms with Crippen LogP contribution in [0.4, 0.5) is 0 Å². The van der Waals surface area contributed by atoms with Crippen molar-refractivity contribution in [1.82, 2.24) is 4.90 Å². The van der Waals surface area contributed by atoms with E-state index in [4.69, 9.17) is 11.5 Å². The lowest BCUT2D eigenvalue weighted by Gasteiger charge is -2.35. The molecule has 0 aromatic carbocycles. The fourth-order valence-electron chi connectivity index (χ4n) is 1.95. The lowest BCUT2D eigenvalue weighted by Crippen LogP contribution is -2.48. The summed E-state index contributed by atoms with van der Waals surface area (Å²) in [6.45, 7) is 9.20. The van der Waals surface area contributed by atoms with Crippen molar-refractivity contribution in [1.29, 1.82) is 0 Å². The molecule has 0 saturated heterocycles. The van der Waals surface area contributed by atoms with Crippen LogP contribution in [0.2, 0.25) is 0 Å². The number of likely N-dealkylation sites (N-methyl/N-ethyl adjacent to an activating group) is 1. The van der Waals surface area contributed by atoms with Crippen LogP contribution in [0.3, 0.4) is 0 Å². The lowest BCUT2D eigenvalue weighted by molar-refractivity contribution is 0.0180. The first-order valence-corrected chi connectivity index (χ1v) is 5.94. The molecule has 0 aromatic rings. The highest BCUT2D eigenvalue weighted by molar-refractivity contribution is 4.82. The van der Waals surface area contributed by atoms with E-state index in [1.54, 1.807) is 0 Å². The van der Waals surface area contributed by atoms with Gasteiger partial charge in [0.2, 0.25) is 0 Å². The molecule has 0 aliphatic heterocycles. The summed E-state index contributed by atoms with van der Waals surface area (Å²) in [6.07, 6.45) is 0.450. The number of hydrogen-bond acceptors (Lipinski definition) is 4. The van der Waals surface area contributed by atoms with Crippen molar-refractivity contribution in [2.24, 2.45) is 17.4 Å². The van der Waals surface area contributed by atoms with Gasteiger partial charge in [0.25, 0.3) is 0 Å². The van der Waals surface area contributed by atoms with Crippen LogP contribution in [0.5, 0.6) is 0 Å². The second kappa shape index (κ2) is 8.05. The molecular formula is C11H27N3O. The van der Waals surface area contributed by atoms with Gasteiger partial charge in [-0.1, -0.05) is 20.8 Å². The van der Waals surface area contributed by atoms with Crippen molar-refractivity contribution in [2.75, 3.05) is 26.2 Å². The van der Waals surface area contributed by atoms with E-state index < -0.39 is 0 Å². The maximum absolute atomic E-state index is 10.2. The molecule has 0 bridgehead atoms. The van der Waals surface area contributed by atoms with E-state index in [2.05, 4.69) is 18.7 Å². The van der Waals surface area contributed by atoms with Crippen molar-refractivity contribution >= 4 is 0 Å². The lowest BCUT2D eigenvalue weighted by atomic mass is 9.94. The highest BCUT2D eigenvalue weighted by atomic mass is 16.3. The van der Waals surface area contributed by atoms with E-state index in [0.29, 0.717) is 13.1 Å². The maximum Gasteiger partial charge on any atom is 0.0733 e. The highest BCUT2D eigenvalue weighted by Gasteiger charge is 2.27. The second-order valence-electron chi connectivity index (χ2n) is 4.07. The molecule has 3 unspecified atom stereocenters. The SMILES string of the molecule is CCN(CC)C(CCN)C(O)C(C)CN. The smallest absolute Gasteiger partial charge is 0.0733 e. The molecule has 0 aliphatic rings. The third kappa shape index (κ3) is 4.47. The van der Waals surface area contributed by atoms with E-state index in [9.17, 15) is 5.11 Å². The van der Waals surface area contributed by atoms with E-state index in [1.807, 2.05) is 6.92 Å². The van der Waals surface area contributed by atoms with Crippen molar-refractivity contribution in [3.63, 3.8) is 0 Å². The maximum atomic E-state index is 10.2. The molecule has 0 fully saturated rings. The van der Waals surface area contributed by atoms with E-state index >= 15 is 0 Å².